The third-order valence-electron chi connectivity index (χ3n) is 3.72. The smallest absolute Gasteiger partial charge is 0.327 e. The maximum Gasteiger partial charge on any atom is 0.327 e. The zero-order valence-electron chi connectivity index (χ0n) is 18.7. The minimum Gasteiger partial charge on any atom is -0.550 e. The summed E-state index contributed by atoms with van der Waals surface area (Å²) in [6, 6.07) is 0. The molecule has 1 unspecified atom stereocenters. The molecule has 0 aliphatic rings. The summed E-state index contributed by atoms with van der Waals surface area (Å²) in [6.07, 6.45) is 9.90. The largest absolute Gasteiger partial charge is 0.550 e. The number of aliphatic carboxylic acids is 2. The topological polar surface area (TPSA) is 234 Å². The van der Waals surface area contributed by atoms with Crippen LogP contribution in [0.15, 0.2) is 0 Å². The van der Waals surface area contributed by atoms with Gasteiger partial charge < -0.3 is 36.8 Å². The standard InChI is InChI=1S/C16H30O7S.C2H4O2.2H3N/c1-2-3-4-5-6-7-8-9-10-11-12-23-16(19)14(13-15(17)18)24(20,21)22;1-2(3)4;;/h14H,2-13H2,1H3,(H,17,18)(H,20,21,22);1H3,(H,3,4);2*1H3. The van der Waals surface area contributed by atoms with Crippen LogP contribution in [0.5, 0.6) is 0 Å². The molecule has 0 saturated heterocycles. The van der Waals surface area contributed by atoms with Gasteiger partial charge in [0, 0.05) is 18.4 Å². The summed E-state index contributed by atoms with van der Waals surface area (Å²) in [5, 5.41) is 17.2. The SMILES string of the molecule is CC(=O)[O-].CCCCCCCCCCCCOC(=O)C(CC(=O)[O-])S(=O)(=O)O.[NH4+].[NH4+]. The quantitative estimate of drug-likeness (QED) is 0.181. The van der Waals surface area contributed by atoms with Crippen molar-refractivity contribution < 1.29 is 42.3 Å². The average Bonchev–Trinajstić information content (AvgIpc) is 2.55. The lowest BCUT2D eigenvalue weighted by molar-refractivity contribution is -0.306. The Hall–Kier alpha value is -1.76. The number of hydrogen-bond donors (Lipinski definition) is 3. The molecule has 0 bridgehead atoms. The molecule has 0 aromatic heterocycles. The Morgan fingerprint density at radius 3 is 1.57 bits per heavy atom. The zero-order chi connectivity index (χ0) is 22.0. The van der Waals surface area contributed by atoms with Gasteiger partial charge in [-0.3, -0.25) is 9.35 Å². The lowest BCUT2D eigenvalue weighted by Crippen LogP contribution is -2.38. The van der Waals surface area contributed by atoms with E-state index in [-0.39, 0.29) is 18.9 Å². The Morgan fingerprint density at radius 1 is 0.867 bits per heavy atom. The van der Waals surface area contributed by atoms with E-state index >= 15 is 0 Å². The zero-order valence-corrected chi connectivity index (χ0v) is 19.5. The van der Waals surface area contributed by atoms with Crippen LogP contribution >= 0.6 is 0 Å². The second-order valence-electron chi connectivity index (χ2n) is 6.42. The molecule has 0 amide bonds. The summed E-state index contributed by atoms with van der Waals surface area (Å²) in [6.45, 7) is 3.16. The van der Waals surface area contributed by atoms with Gasteiger partial charge >= 0.3 is 5.97 Å². The number of carbonyl (C=O) groups is 3. The third-order valence-corrected chi connectivity index (χ3v) is 4.79. The summed E-state index contributed by atoms with van der Waals surface area (Å²) in [4.78, 5) is 30.8. The first-order valence-electron chi connectivity index (χ1n) is 9.52. The molecule has 9 N–H and O–H groups in total. The summed E-state index contributed by atoms with van der Waals surface area (Å²) in [5.74, 6) is -4.08. The summed E-state index contributed by atoms with van der Waals surface area (Å²) >= 11 is 0. The van der Waals surface area contributed by atoms with E-state index in [1.54, 1.807) is 0 Å². The molecule has 182 valence electrons. The number of carboxylic acids is 2. The van der Waals surface area contributed by atoms with Gasteiger partial charge in [-0.05, 0) is 13.3 Å². The third kappa shape index (κ3) is 26.2. The second kappa shape index (κ2) is 21.9. The number of quaternary nitrogens is 2. The first-order chi connectivity index (χ1) is 13.0. The maximum absolute atomic E-state index is 11.5. The molecule has 0 aliphatic carbocycles. The Balaban J connectivity index is -0.000000513. The molecule has 0 rings (SSSR count). The van der Waals surface area contributed by atoms with E-state index in [0.29, 0.717) is 6.42 Å². The summed E-state index contributed by atoms with van der Waals surface area (Å²) in [7, 11) is -4.82. The molecule has 0 spiro atoms. The predicted octanol–water partition coefficient (Wildman–Crippen LogP) is 1.36. The van der Waals surface area contributed by atoms with Crippen molar-refractivity contribution in [1.82, 2.24) is 12.3 Å². The minimum absolute atomic E-state index is 0. The van der Waals surface area contributed by atoms with Crippen molar-refractivity contribution in [3.8, 4) is 0 Å². The van der Waals surface area contributed by atoms with E-state index in [4.69, 9.17) is 19.2 Å². The molecule has 12 heteroatoms. The fourth-order valence-corrected chi connectivity index (χ4v) is 2.97. The van der Waals surface area contributed by atoms with Gasteiger partial charge in [-0.15, -0.1) is 0 Å². The highest BCUT2D eigenvalue weighted by molar-refractivity contribution is 7.87. The molecular formula is C18H40N2O9S. The van der Waals surface area contributed by atoms with E-state index in [0.717, 1.165) is 26.2 Å². The number of ether oxygens (including phenoxy) is 1. The molecule has 11 nitrogen and oxygen atoms in total. The van der Waals surface area contributed by atoms with Crippen LogP contribution in [0.1, 0.15) is 84.5 Å². The van der Waals surface area contributed by atoms with Gasteiger partial charge in [-0.1, -0.05) is 64.7 Å². The van der Waals surface area contributed by atoms with Crippen molar-refractivity contribution >= 4 is 28.0 Å². The van der Waals surface area contributed by atoms with Gasteiger partial charge in [0.05, 0.1) is 6.61 Å². The Labute approximate surface area is 179 Å². The number of hydrogen-bond acceptors (Lipinski definition) is 8. The molecule has 0 aromatic carbocycles. The van der Waals surface area contributed by atoms with Crippen LogP contribution in [-0.4, -0.2) is 42.7 Å². The van der Waals surface area contributed by atoms with Crippen LogP contribution in [0, 0.1) is 0 Å². The van der Waals surface area contributed by atoms with Crippen LogP contribution < -0.4 is 22.5 Å². The van der Waals surface area contributed by atoms with Crippen molar-refractivity contribution in [3.05, 3.63) is 0 Å². The van der Waals surface area contributed by atoms with Gasteiger partial charge in [-0.25, -0.2) is 0 Å². The highest BCUT2D eigenvalue weighted by Crippen LogP contribution is 2.11. The van der Waals surface area contributed by atoms with Gasteiger partial charge in [0.25, 0.3) is 10.1 Å². The molecule has 1 atom stereocenters. The Bertz CT molecular complexity index is 550. The molecule has 0 heterocycles. The molecule has 0 radical (unpaired) electrons. The van der Waals surface area contributed by atoms with Crippen LogP contribution in [0.3, 0.4) is 0 Å². The summed E-state index contributed by atoms with van der Waals surface area (Å²) in [5.41, 5.74) is 0. The first kappa shape index (κ1) is 35.7. The van der Waals surface area contributed by atoms with Crippen molar-refractivity contribution in [2.75, 3.05) is 6.61 Å². The fourth-order valence-electron chi connectivity index (χ4n) is 2.32. The van der Waals surface area contributed by atoms with Gasteiger partial charge in [-0.2, -0.15) is 8.42 Å². The van der Waals surface area contributed by atoms with Crippen LogP contribution in [0.4, 0.5) is 0 Å². The second-order valence-corrected chi connectivity index (χ2v) is 8.02. The van der Waals surface area contributed by atoms with E-state index in [1.807, 2.05) is 0 Å². The van der Waals surface area contributed by atoms with Crippen molar-refractivity contribution in [2.45, 2.75) is 89.7 Å². The Morgan fingerprint density at radius 2 is 1.23 bits per heavy atom. The first-order valence-corrected chi connectivity index (χ1v) is 11.0. The van der Waals surface area contributed by atoms with E-state index < -0.39 is 39.7 Å². The fraction of sp³-hybridized carbons (Fsp3) is 0.833. The Kier molecular flexibility index (Phi) is 26.1. The van der Waals surface area contributed by atoms with Crippen LogP contribution in [-0.2, 0) is 29.2 Å². The predicted molar refractivity (Wildman–Crippen MR) is 110 cm³/mol. The molecular weight excluding hydrogens is 420 g/mol. The van der Waals surface area contributed by atoms with Crippen LogP contribution in [0.2, 0.25) is 0 Å². The van der Waals surface area contributed by atoms with Crippen molar-refractivity contribution in [3.63, 3.8) is 0 Å². The molecule has 0 fully saturated rings. The van der Waals surface area contributed by atoms with Crippen molar-refractivity contribution in [1.29, 1.82) is 0 Å². The van der Waals surface area contributed by atoms with Gasteiger partial charge in [0.2, 0.25) is 0 Å². The lowest BCUT2D eigenvalue weighted by Gasteiger charge is -2.13. The lowest BCUT2D eigenvalue weighted by atomic mass is 10.1. The van der Waals surface area contributed by atoms with Gasteiger partial charge in [0.1, 0.15) is 0 Å². The van der Waals surface area contributed by atoms with Crippen molar-refractivity contribution in [2.24, 2.45) is 0 Å². The highest BCUT2D eigenvalue weighted by Gasteiger charge is 2.32. The maximum atomic E-state index is 11.5. The van der Waals surface area contributed by atoms with E-state index in [1.165, 1.54) is 38.5 Å². The molecule has 0 aromatic rings. The minimum atomic E-state index is -4.82. The molecule has 30 heavy (non-hydrogen) atoms. The van der Waals surface area contributed by atoms with E-state index in [9.17, 15) is 23.1 Å². The summed E-state index contributed by atoms with van der Waals surface area (Å²) < 4.78 is 35.5. The number of esters is 1. The van der Waals surface area contributed by atoms with Crippen LogP contribution in [0.25, 0.3) is 0 Å². The molecule has 0 saturated carbocycles. The highest BCUT2D eigenvalue weighted by atomic mass is 32.2. The number of rotatable bonds is 15. The monoisotopic (exact) mass is 460 g/mol. The van der Waals surface area contributed by atoms with E-state index in [2.05, 4.69) is 6.92 Å². The number of carboxylic acid groups (broad SMARTS) is 2. The number of unbranched alkanes of at least 4 members (excludes halogenated alkanes) is 9. The molecule has 0 aliphatic heterocycles. The average molecular weight is 461 g/mol. The number of carbonyl (C=O) groups excluding carboxylic acids is 3. The normalized spacial score (nSPS) is 11.0. The van der Waals surface area contributed by atoms with Gasteiger partial charge in [0.15, 0.2) is 5.25 Å².